The first-order valence-corrected chi connectivity index (χ1v) is 14.3. The van der Waals surface area contributed by atoms with E-state index in [0.29, 0.717) is 34.3 Å². The number of phenolic OH excluding ortho intramolecular Hbond substituents is 2. The molecule has 0 aliphatic carbocycles. The van der Waals surface area contributed by atoms with E-state index in [2.05, 4.69) is 20.4 Å². The van der Waals surface area contributed by atoms with Crippen LogP contribution in [-0.2, 0) is 0 Å². The maximum Gasteiger partial charge on any atom is 0.259 e. The monoisotopic (exact) mass is 629 g/mol. The van der Waals surface area contributed by atoms with Gasteiger partial charge >= 0.3 is 0 Å². The lowest BCUT2D eigenvalue weighted by Gasteiger charge is -2.30. The van der Waals surface area contributed by atoms with Crippen LogP contribution < -0.4 is 45.0 Å². The highest BCUT2D eigenvalue weighted by Crippen LogP contribution is 2.32. The van der Waals surface area contributed by atoms with Crippen LogP contribution in [0.1, 0.15) is 60.2 Å². The SMILES string of the molecule is Cc1cc(Nc2nc(N3CCCCC3)nc(N3CCCCC3)n2)ccc1NC(=O)c1cc2cccc(O)c2cc1O.N.N.N.N.[HH].[HH].[HH].[HH]. The Morgan fingerprint density at radius 2 is 1.36 bits per heavy atom. The van der Waals surface area contributed by atoms with Crippen LogP contribution in [0.25, 0.3) is 10.8 Å². The van der Waals surface area contributed by atoms with Gasteiger partial charge in [-0.3, -0.25) is 4.79 Å². The third-order valence-electron chi connectivity index (χ3n) is 7.84. The molecule has 45 heavy (non-hydrogen) atoms. The molecule has 14 nitrogen and oxygen atoms in total. The van der Waals surface area contributed by atoms with E-state index in [1.54, 1.807) is 24.3 Å². The second kappa shape index (κ2) is 15.8. The molecule has 14 heteroatoms. The molecule has 0 saturated carbocycles. The topological polar surface area (TPSA) is 267 Å². The summed E-state index contributed by atoms with van der Waals surface area (Å²) in [4.78, 5) is 32.0. The predicted octanol–water partition coefficient (Wildman–Crippen LogP) is 7.35. The van der Waals surface area contributed by atoms with E-state index < -0.39 is 5.91 Å². The lowest BCUT2D eigenvalue weighted by molar-refractivity contribution is 0.102. The van der Waals surface area contributed by atoms with Gasteiger partial charge in [-0.1, -0.05) is 12.1 Å². The zero-order valence-corrected chi connectivity index (χ0v) is 26.1. The van der Waals surface area contributed by atoms with Crippen molar-refractivity contribution < 1.29 is 20.7 Å². The maximum atomic E-state index is 13.1. The fourth-order valence-electron chi connectivity index (χ4n) is 5.56. The average molecular weight is 630 g/mol. The predicted molar refractivity (Wildman–Crippen MR) is 190 cm³/mol. The summed E-state index contributed by atoms with van der Waals surface area (Å²) in [5, 5.41) is 27.9. The second-order valence-electron chi connectivity index (χ2n) is 10.8. The van der Waals surface area contributed by atoms with Gasteiger partial charge in [-0.25, -0.2) is 0 Å². The molecule has 0 unspecified atom stereocenters. The number of carbonyl (C=O) groups is 1. The summed E-state index contributed by atoms with van der Waals surface area (Å²) in [6.07, 6.45) is 7.02. The molecule has 252 valence electrons. The van der Waals surface area contributed by atoms with Crippen molar-refractivity contribution in [2.75, 3.05) is 46.6 Å². The first-order chi connectivity index (χ1) is 19.9. The zero-order valence-electron chi connectivity index (χ0n) is 26.1. The van der Waals surface area contributed by atoms with Crippen LogP contribution in [0.15, 0.2) is 48.5 Å². The number of piperidine rings is 2. The van der Waals surface area contributed by atoms with Crippen LogP contribution in [0.2, 0.25) is 0 Å². The normalized spacial score (nSPS) is 14.2. The number of nitrogens with zero attached hydrogens (tertiary/aromatic N) is 5. The van der Waals surface area contributed by atoms with Crippen molar-refractivity contribution in [3.63, 3.8) is 0 Å². The van der Waals surface area contributed by atoms with E-state index >= 15 is 0 Å². The van der Waals surface area contributed by atoms with Gasteiger partial charge in [0.15, 0.2) is 0 Å². The molecule has 0 spiro atoms. The molecule has 2 fully saturated rings. The van der Waals surface area contributed by atoms with Crippen molar-refractivity contribution in [3.8, 4) is 11.5 Å². The van der Waals surface area contributed by atoms with Gasteiger partial charge in [0.25, 0.3) is 5.91 Å². The quantitative estimate of drug-likeness (QED) is 0.104. The van der Waals surface area contributed by atoms with Gasteiger partial charge < -0.3 is 55.2 Å². The second-order valence-corrected chi connectivity index (χ2v) is 10.8. The first-order valence-electron chi connectivity index (χ1n) is 14.3. The lowest BCUT2D eigenvalue weighted by atomic mass is 10.0. The van der Waals surface area contributed by atoms with Gasteiger partial charge in [0.05, 0.1) is 5.56 Å². The zero-order chi connectivity index (χ0) is 28.3. The number of rotatable bonds is 6. The van der Waals surface area contributed by atoms with Gasteiger partial charge in [-0.15, -0.1) is 0 Å². The Morgan fingerprint density at radius 3 is 1.93 bits per heavy atom. The van der Waals surface area contributed by atoms with Crippen molar-refractivity contribution in [3.05, 3.63) is 59.7 Å². The van der Waals surface area contributed by atoms with Crippen LogP contribution in [0.4, 0.5) is 29.2 Å². The van der Waals surface area contributed by atoms with Crippen molar-refractivity contribution in [1.29, 1.82) is 0 Å². The number of nitrogens with one attached hydrogen (secondary N) is 2. The number of aromatic hydroxyl groups is 2. The molecule has 2 saturated heterocycles. The van der Waals surface area contributed by atoms with Gasteiger partial charge in [0.1, 0.15) is 11.5 Å². The highest BCUT2D eigenvalue weighted by Gasteiger charge is 2.21. The van der Waals surface area contributed by atoms with Gasteiger partial charge in [0, 0.05) is 48.6 Å². The Balaban J connectivity index is -0.00000264. The van der Waals surface area contributed by atoms with Gasteiger partial charge in [0.2, 0.25) is 17.8 Å². The number of amides is 1. The highest BCUT2D eigenvalue weighted by molar-refractivity contribution is 6.09. The summed E-state index contributed by atoms with van der Waals surface area (Å²) in [6, 6.07) is 13.6. The number of fused-ring (bicyclic) bond motifs is 1. The Kier molecular flexibility index (Phi) is 12.8. The number of hydrogen-bond donors (Lipinski definition) is 8. The fourth-order valence-corrected chi connectivity index (χ4v) is 5.56. The van der Waals surface area contributed by atoms with E-state index in [4.69, 9.17) is 15.0 Å². The molecule has 1 aromatic heterocycles. The Morgan fingerprint density at radius 1 is 0.756 bits per heavy atom. The Bertz CT molecular complexity index is 1570. The minimum atomic E-state index is -0.439. The summed E-state index contributed by atoms with van der Waals surface area (Å²) >= 11 is 0. The minimum Gasteiger partial charge on any atom is -0.507 e. The number of aryl methyl sites for hydroxylation is 1. The number of benzene rings is 3. The Hall–Kier alpha value is -4.76. The van der Waals surface area contributed by atoms with Crippen LogP contribution >= 0.6 is 0 Å². The van der Waals surface area contributed by atoms with E-state index in [1.165, 1.54) is 18.9 Å². The van der Waals surface area contributed by atoms with E-state index in [0.717, 1.165) is 63.1 Å². The summed E-state index contributed by atoms with van der Waals surface area (Å²) in [6.45, 7) is 5.70. The highest BCUT2D eigenvalue weighted by atomic mass is 16.3. The summed E-state index contributed by atoms with van der Waals surface area (Å²) in [5.41, 5.74) is 2.38. The fraction of sp³-hybridized carbons (Fsp3) is 0.355. The first kappa shape index (κ1) is 36.4. The van der Waals surface area contributed by atoms with Crippen LogP contribution in [0, 0.1) is 6.92 Å². The largest absolute Gasteiger partial charge is 0.507 e. The number of aromatic nitrogens is 3. The van der Waals surface area contributed by atoms with Gasteiger partial charge in [-0.05, 0) is 92.8 Å². The molecule has 2 aliphatic heterocycles. The van der Waals surface area contributed by atoms with Crippen LogP contribution in [0.3, 0.4) is 0 Å². The third kappa shape index (κ3) is 8.05. The summed E-state index contributed by atoms with van der Waals surface area (Å²) in [7, 11) is 0. The lowest BCUT2D eigenvalue weighted by Crippen LogP contribution is -2.34. The molecule has 0 bridgehead atoms. The summed E-state index contributed by atoms with van der Waals surface area (Å²) in [5.74, 6) is 1.34. The van der Waals surface area contributed by atoms with Crippen molar-refractivity contribution in [2.45, 2.75) is 45.4 Å². The maximum absolute atomic E-state index is 13.1. The third-order valence-corrected chi connectivity index (χ3v) is 7.84. The van der Waals surface area contributed by atoms with E-state index in [9.17, 15) is 15.0 Å². The van der Waals surface area contributed by atoms with Crippen LogP contribution in [-0.4, -0.2) is 57.3 Å². The molecule has 3 heterocycles. The number of hydrogen-bond acceptors (Lipinski definition) is 13. The Labute approximate surface area is 269 Å². The van der Waals surface area contributed by atoms with Crippen LogP contribution in [0.5, 0.6) is 11.5 Å². The number of carbonyl (C=O) groups excluding carboxylic acids is 1. The van der Waals surface area contributed by atoms with Crippen molar-refractivity contribution in [2.24, 2.45) is 0 Å². The van der Waals surface area contributed by atoms with E-state index in [1.807, 2.05) is 25.1 Å². The molecule has 0 atom stereocenters. The molecular formula is C31H55N11O3. The van der Waals surface area contributed by atoms with E-state index in [-0.39, 0.29) is 47.4 Å². The molecule has 2 aliphatic rings. The smallest absolute Gasteiger partial charge is 0.259 e. The molecule has 0 radical (unpaired) electrons. The molecular weight excluding hydrogens is 574 g/mol. The summed E-state index contributed by atoms with van der Waals surface area (Å²) < 4.78 is 0. The molecule has 16 N–H and O–H groups in total. The average Bonchev–Trinajstić information content (AvgIpc) is 2.99. The molecule has 4 aromatic rings. The number of anilines is 5. The van der Waals surface area contributed by atoms with Crippen molar-refractivity contribution >= 4 is 45.9 Å². The standard InChI is InChI=1S/C31H35N7O3.4H3N.4H2/c1-20-17-22(11-12-25(20)33-28(41)24-18-21-9-8-10-26(39)23(21)19-27(24)40)32-29-34-30(37-13-4-2-5-14-37)36-31(35-29)38-15-6-3-7-16-38;;;;;;;;/h8-12,17-19,39-40H,2-7,13-16H2,1H3,(H,33,41)(H,32,34,35,36);4*1H3;4*1H. The number of phenols is 2. The molecule has 1 amide bonds. The minimum absolute atomic E-state index is 0. The molecule has 6 rings (SSSR count). The molecule has 3 aromatic carbocycles. The van der Waals surface area contributed by atoms with Gasteiger partial charge in [-0.2, -0.15) is 15.0 Å². The van der Waals surface area contributed by atoms with Crippen molar-refractivity contribution in [1.82, 2.24) is 39.6 Å².